The maximum atomic E-state index is 11.8. The van der Waals surface area contributed by atoms with Gasteiger partial charge in [0.1, 0.15) is 0 Å². The van der Waals surface area contributed by atoms with Crippen LogP contribution < -0.4 is 29.1 Å². The number of hydrogen-bond donors (Lipinski definition) is 0. The van der Waals surface area contributed by atoms with E-state index in [1.165, 1.54) is 0 Å². The Bertz CT molecular complexity index is 445. The topological polar surface area (TPSA) is 46.1 Å². The molecule has 3 heteroatoms. The molecule has 0 fully saturated rings. The first-order valence-corrected chi connectivity index (χ1v) is 4.98. The molecule has 0 spiro atoms. The fourth-order valence-corrected chi connectivity index (χ4v) is 1.44. The Labute approximate surface area is 112 Å². The molecule has 80 valence electrons. The second-order valence-electron chi connectivity index (χ2n) is 3.39. The van der Waals surface area contributed by atoms with Crippen molar-refractivity contribution in [2.24, 2.45) is 0 Å². The van der Waals surface area contributed by atoms with Gasteiger partial charge in [-0.2, -0.15) is 0 Å². The molecule has 2 nitrogen and oxygen atoms in total. The van der Waals surface area contributed by atoms with Crippen LogP contribution in [-0.4, -0.2) is 0 Å². The number of rotatable bonds is 2. The molecule has 0 atom stereocenters. The van der Waals surface area contributed by atoms with Gasteiger partial charge < -0.3 is 10.2 Å². The van der Waals surface area contributed by atoms with Crippen LogP contribution in [0.5, 0.6) is 0 Å². The second kappa shape index (κ2) is 6.20. The molecule has 0 aliphatic heterocycles. The van der Waals surface area contributed by atoms with Crippen LogP contribution in [0.1, 0.15) is 11.1 Å². The van der Waals surface area contributed by atoms with Crippen LogP contribution in [0.2, 0.25) is 0 Å². The monoisotopic (exact) mass is 217 g/mol. The minimum Gasteiger partial charge on any atom is -0.872 e. The molecular formula is C14H10LiO2-. The Hall–Kier alpha value is -1.62. The zero-order valence-corrected chi connectivity index (χ0v) is 9.59. The Morgan fingerprint density at radius 2 is 0.882 bits per heavy atom. The van der Waals surface area contributed by atoms with E-state index < -0.39 is 11.5 Å². The summed E-state index contributed by atoms with van der Waals surface area (Å²) in [6, 6.07) is 17.2. The second-order valence-corrected chi connectivity index (χ2v) is 3.39. The average Bonchev–Trinajstić information content (AvgIpc) is 2.39. The summed E-state index contributed by atoms with van der Waals surface area (Å²) >= 11 is 0. The molecule has 0 saturated carbocycles. The molecule has 0 aliphatic rings. The van der Waals surface area contributed by atoms with E-state index in [0.717, 1.165) is 0 Å². The van der Waals surface area contributed by atoms with Gasteiger partial charge in [-0.1, -0.05) is 60.7 Å². The third-order valence-electron chi connectivity index (χ3n) is 2.28. The van der Waals surface area contributed by atoms with Crippen molar-refractivity contribution >= 4 is 11.5 Å². The Morgan fingerprint density at radius 1 is 0.588 bits per heavy atom. The molecule has 0 aliphatic carbocycles. The summed E-state index contributed by atoms with van der Waals surface area (Å²) in [7, 11) is 0. The molecule has 17 heavy (non-hydrogen) atoms. The molecule has 0 amide bonds. The molecule has 0 unspecified atom stereocenters. The fraction of sp³-hybridized carbons (Fsp3) is 0. The van der Waals surface area contributed by atoms with Crippen molar-refractivity contribution in [3.63, 3.8) is 0 Å². The normalized spacial score (nSPS) is 11.3. The Morgan fingerprint density at radius 3 is 1.18 bits per heavy atom. The maximum Gasteiger partial charge on any atom is 1.00 e. The summed E-state index contributed by atoms with van der Waals surface area (Å²) in [4.78, 5) is 0. The van der Waals surface area contributed by atoms with E-state index in [0.29, 0.717) is 11.1 Å². The van der Waals surface area contributed by atoms with E-state index in [1.807, 2.05) is 12.1 Å². The van der Waals surface area contributed by atoms with Crippen LogP contribution in [0.15, 0.2) is 60.7 Å². The molecule has 2 aromatic rings. The molecule has 2 aromatic carbocycles. The number of hydrogen-bond acceptors (Lipinski definition) is 2. The van der Waals surface area contributed by atoms with E-state index in [4.69, 9.17) is 0 Å². The predicted molar refractivity (Wildman–Crippen MR) is 59.7 cm³/mol. The van der Waals surface area contributed by atoms with Gasteiger partial charge in [-0.05, 0) is 11.1 Å². The van der Waals surface area contributed by atoms with Crippen LogP contribution in [0, 0.1) is 0 Å². The molecule has 0 saturated heterocycles. The van der Waals surface area contributed by atoms with Crippen LogP contribution >= 0.6 is 0 Å². The standard InChI is InChI=1S/C14H12O2.Li/c15-13(11-7-3-1-4-8-11)14(16)12-9-5-2-6-10-12;/h1-10,15-16H;/q;+1/p-2/b14-13+;. The third-order valence-corrected chi connectivity index (χ3v) is 2.28. The zero-order chi connectivity index (χ0) is 11.4. The van der Waals surface area contributed by atoms with Gasteiger partial charge in [0.15, 0.2) is 0 Å². The molecule has 0 N–H and O–H groups in total. The Kier molecular flexibility index (Phi) is 4.90. The van der Waals surface area contributed by atoms with Crippen LogP contribution in [-0.2, 0) is 0 Å². The fourth-order valence-electron chi connectivity index (χ4n) is 1.44. The van der Waals surface area contributed by atoms with Crippen molar-refractivity contribution in [3.05, 3.63) is 71.8 Å². The van der Waals surface area contributed by atoms with Gasteiger partial charge in [0.05, 0.1) is 0 Å². The smallest absolute Gasteiger partial charge is 0.872 e. The van der Waals surface area contributed by atoms with Crippen molar-refractivity contribution in [1.29, 1.82) is 0 Å². The first-order chi connectivity index (χ1) is 7.79. The van der Waals surface area contributed by atoms with Crippen molar-refractivity contribution in [2.45, 2.75) is 0 Å². The summed E-state index contributed by atoms with van der Waals surface area (Å²) < 4.78 is 0. The first kappa shape index (κ1) is 13.4. The molecule has 0 aromatic heterocycles. The minimum atomic E-state index is -0.466. The van der Waals surface area contributed by atoms with Crippen molar-refractivity contribution in [1.82, 2.24) is 0 Å². The predicted octanol–water partition coefficient (Wildman–Crippen LogP) is -1.76. The van der Waals surface area contributed by atoms with E-state index >= 15 is 0 Å². The molecular weight excluding hydrogens is 207 g/mol. The van der Waals surface area contributed by atoms with Gasteiger partial charge >= 0.3 is 18.9 Å². The average molecular weight is 217 g/mol. The zero-order valence-electron chi connectivity index (χ0n) is 9.59. The van der Waals surface area contributed by atoms with E-state index in [9.17, 15) is 10.2 Å². The van der Waals surface area contributed by atoms with Crippen LogP contribution in [0.4, 0.5) is 0 Å². The van der Waals surface area contributed by atoms with E-state index in [1.54, 1.807) is 48.5 Å². The maximum absolute atomic E-state index is 11.8. The van der Waals surface area contributed by atoms with Gasteiger partial charge in [-0.3, -0.25) is 0 Å². The van der Waals surface area contributed by atoms with Gasteiger partial charge in [-0.15, -0.1) is 11.5 Å². The van der Waals surface area contributed by atoms with Gasteiger partial charge in [-0.25, -0.2) is 0 Å². The largest absolute Gasteiger partial charge is 1.00 e. The summed E-state index contributed by atoms with van der Waals surface area (Å²) in [6.45, 7) is 0. The summed E-state index contributed by atoms with van der Waals surface area (Å²) in [6.07, 6.45) is 0. The van der Waals surface area contributed by atoms with Crippen LogP contribution in [0.3, 0.4) is 0 Å². The molecule has 2 rings (SSSR count). The van der Waals surface area contributed by atoms with E-state index in [2.05, 4.69) is 0 Å². The van der Waals surface area contributed by atoms with Crippen molar-refractivity contribution in [3.8, 4) is 0 Å². The quantitative estimate of drug-likeness (QED) is 0.340. The van der Waals surface area contributed by atoms with Gasteiger partial charge in [0.2, 0.25) is 0 Å². The Balaban J connectivity index is 0.00000144. The summed E-state index contributed by atoms with van der Waals surface area (Å²) in [5.41, 5.74) is 0.854. The molecule has 0 heterocycles. The van der Waals surface area contributed by atoms with Gasteiger partial charge in [0, 0.05) is 0 Å². The molecule has 0 bridgehead atoms. The van der Waals surface area contributed by atoms with E-state index in [-0.39, 0.29) is 18.9 Å². The SMILES string of the molecule is [Li+].[O-]/C(=C(/[O-])c1ccccc1)c1ccccc1. The van der Waals surface area contributed by atoms with Gasteiger partial charge in [0.25, 0.3) is 0 Å². The first-order valence-electron chi connectivity index (χ1n) is 4.98. The molecule has 0 radical (unpaired) electrons. The van der Waals surface area contributed by atoms with Crippen LogP contribution in [0.25, 0.3) is 11.5 Å². The summed E-state index contributed by atoms with van der Waals surface area (Å²) in [5, 5.41) is 23.6. The third kappa shape index (κ3) is 3.17. The van der Waals surface area contributed by atoms with Crippen molar-refractivity contribution < 1.29 is 29.1 Å². The van der Waals surface area contributed by atoms with Crippen molar-refractivity contribution in [2.75, 3.05) is 0 Å². The minimum absolute atomic E-state index is 0. The number of benzene rings is 2. The summed E-state index contributed by atoms with van der Waals surface area (Å²) in [5.74, 6) is -0.932.